The Kier molecular flexibility index (Phi) is 6.23. The SMILES string of the molecule is O=C(CSc1nc2cnc(Cl)nc2n1-c1ccc(C2CC2)c2ccccc12)Nc1ccc(C(F)(F)F)cc1. The molecule has 192 valence electrons. The van der Waals surface area contributed by atoms with Crippen LogP contribution in [0.4, 0.5) is 18.9 Å². The maximum Gasteiger partial charge on any atom is 0.416 e. The fraction of sp³-hybridized carbons (Fsp3) is 0.185. The van der Waals surface area contributed by atoms with Crippen molar-refractivity contribution in [3.8, 4) is 5.69 Å². The Morgan fingerprint density at radius 1 is 1.03 bits per heavy atom. The van der Waals surface area contributed by atoms with Crippen molar-refractivity contribution in [2.24, 2.45) is 0 Å². The summed E-state index contributed by atoms with van der Waals surface area (Å²) in [5, 5.41) is 5.42. The summed E-state index contributed by atoms with van der Waals surface area (Å²) < 4.78 is 40.3. The first-order chi connectivity index (χ1) is 18.3. The highest BCUT2D eigenvalue weighted by molar-refractivity contribution is 7.99. The first kappa shape index (κ1) is 24.7. The number of fused-ring (bicyclic) bond motifs is 2. The number of thioether (sulfide) groups is 1. The average molecular weight is 554 g/mol. The minimum absolute atomic E-state index is 0.0242. The Labute approximate surface area is 224 Å². The highest BCUT2D eigenvalue weighted by atomic mass is 35.5. The molecular formula is C27H19ClF3N5OS. The zero-order valence-electron chi connectivity index (χ0n) is 19.7. The first-order valence-electron chi connectivity index (χ1n) is 11.8. The molecule has 1 aliphatic rings. The zero-order valence-corrected chi connectivity index (χ0v) is 21.2. The van der Waals surface area contributed by atoms with E-state index in [9.17, 15) is 18.0 Å². The molecule has 6 nitrogen and oxygen atoms in total. The summed E-state index contributed by atoms with van der Waals surface area (Å²) in [7, 11) is 0. The number of imidazole rings is 1. The summed E-state index contributed by atoms with van der Waals surface area (Å²) in [6.45, 7) is 0. The van der Waals surface area contributed by atoms with Gasteiger partial charge in [0.1, 0.15) is 5.52 Å². The third-order valence-electron chi connectivity index (χ3n) is 6.36. The van der Waals surface area contributed by atoms with Crippen molar-refractivity contribution in [1.82, 2.24) is 19.5 Å². The number of anilines is 1. The number of carbonyl (C=O) groups is 1. The van der Waals surface area contributed by atoms with Crippen LogP contribution in [0.2, 0.25) is 5.28 Å². The molecule has 1 aliphatic carbocycles. The van der Waals surface area contributed by atoms with Crippen molar-refractivity contribution in [2.45, 2.75) is 30.1 Å². The number of aromatic nitrogens is 4. The van der Waals surface area contributed by atoms with Crippen LogP contribution in [-0.4, -0.2) is 31.2 Å². The Bertz CT molecular complexity index is 1680. The van der Waals surface area contributed by atoms with E-state index in [-0.39, 0.29) is 22.6 Å². The second-order valence-corrected chi connectivity index (χ2v) is 10.3. The largest absolute Gasteiger partial charge is 0.416 e. The predicted octanol–water partition coefficient (Wildman–Crippen LogP) is 7.25. The number of nitrogens with one attached hydrogen (secondary N) is 1. The minimum atomic E-state index is -4.44. The molecule has 0 aliphatic heterocycles. The van der Waals surface area contributed by atoms with Crippen LogP contribution >= 0.6 is 23.4 Å². The fourth-order valence-corrected chi connectivity index (χ4v) is 5.41. The lowest BCUT2D eigenvalue weighted by Crippen LogP contribution is -2.15. The van der Waals surface area contributed by atoms with Crippen molar-refractivity contribution in [2.75, 3.05) is 11.1 Å². The van der Waals surface area contributed by atoms with Gasteiger partial charge >= 0.3 is 6.18 Å². The van der Waals surface area contributed by atoms with E-state index in [0.29, 0.717) is 22.2 Å². The van der Waals surface area contributed by atoms with Crippen LogP contribution in [0.15, 0.2) is 72.0 Å². The molecule has 11 heteroatoms. The second-order valence-electron chi connectivity index (χ2n) is 8.98. The molecule has 2 heterocycles. The van der Waals surface area contributed by atoms with Gasteiger partial charge in [-0.05, 0) is 71.6 Å². The van der Waals surface area contributed by atoms with Gasteiger partial charge in [-0.2, -0.15) is 18.2 Å². The van der Waals surface area contributed by atoms with Gasteiger partial charge < -0.3 is 5.32 Å². The van der Waals surface area contributed by atoms with Gasteiger partial charge in [-0.3, -0.25) is 9.36 Å². The minimum Gasteiger partial charge on any atom is -0.325 e. The molecule has 5 aromatic rings. The van der Waals surface area contributed by atoms with E-state index in [1.54, 1.807) is 0 Å². The van der Waals surface area contributed by atoms with E-state index in [4.69, 9.17) is 11.6 Å². The number of carbonyl (C=O) groups excluding carboxylic acids is 1. The summed E-state index contributed by atoms with van der Waals surface area (Å²) in [4.78, 5) is 25.8. The van der Waals surface area contributed by atoms with E-state index < -0.39 is 11.7 Å². The monoisotopic (exact) mass is 553 g/mol. The Hall–Kier alpha value is -3.63. The third-order valence-corrected chi connectivity index (χ3v) is 7.48. The fourth-order valence-electron chi connectivity index (χ4n) is 4.47. The Balaban J connectivity index is 1.33. The highest BCUT2D eigenvalue weighted by Gasteiger charge is 2.30. The molecule has 1 saturated carbocycles. The van der Waals surface area contributed by atoms with Crippen LogP contribution in [0, 0.1) is 0 Å². The molecule has 2 aromatic heterocycles. The molecule has 1 amide bonds. The molecule has 1 N–H and O–H groups in total. The number of rotatable bonds is 6. The molecule has 0 unspecified atom stereocenters. The van der Waals surface area contributed by atoms with E-state index in [2.05, 4.69) is 38.5 Å². The molecule has 0 spiro atoms. The maximum atomic E-state index is 12.8. The molecule has 38 heavy (non-hydrogen) atoms. The van der Waals surface area contributed by atoms with Gasteiger partial charge in [0, 0.05) is 11.1 Å². The van der Waals surface area contributed by atoms with Crippen LogP contribution in [-0.2, 0) is 11.0 Å². The number of benzene rings is 3. The van der Waals surface area contributed by atoms with Crippen molar-refractivity contribution in [3.63, 3.8) is 0 Å². The molecule has 0 bridgehead atoms. The molecule has 3 aromatic carbocycles. The van der Waals surface area contributed by atoms with Gasteiger partial charge in [-0.25, -0.2) is 9.97 Å². The standard InChI is InChI=1S/C27H19ClF3N5OS/c28-25-32-13-21-24(35-25)36(22-12-11-18(15-5-6-15)19-3-1-2-4-20(19)22)26(34-21)38-14-23(37)33-17-9-7-16(8-10-17)27(29,30)31/h1-4,7-13,15H,5-6,14H2,(H,33,37). The number of hydrogen-bond acceptors (Lipinski definition) is 5. The van der Waals surface area contributed by atoms with Crippen LogP contribution in [0.25, 0.3) is 27.6 Å². The van der Waals surface area contributed by atoms with Gasteiger partial charge in [0.25, 0.3) is 0 Å². The summed E-state index contributed by atoms with van der Waals surface area (Å²) >= 11 is 7.32. The number of alkyl halides is 3. The summed E-state index contributed by atoms with van der Waals surface area (Å²) in [6, 6.07) is 16.7. The van der Waals surface area contributed by atoms with Gasteiger partial charge in [0.15, 0.2) is 10.8 Å². The first-order valence-corrected chi connectivity index (χ1v) is 13.2. The van der Waals surface area contributed by atoms with Gasteiger partial charge in [-0.1, -0.05) is 42.1 Å². The van der Waals surface area contributed by atoms with Crippen molar-refractivity contribution in [3.05, 3.63) is 83.3 Å². The zero-order chi connectivity index (χ0) is 26.4. The molecule has 0 atom stereocenters. The van der Waals surface area contributed by atoms with Crippen LogP contribution < -0.4 is 5.32 Å². The normalized spacial score (nSPS) is 13.8. The number of halogens is 4. The molecule has 0 saturated heterocycles. The van der Waals surface area contributed by atoms with E-state index in [1.807, 2.05) is 22.8 Å². The van der Waals surface area contributed by atoms with E-state index >= 15 is 0 Å². The summed E-state index contributed by atoms with van der Waals surface area (Å²) in [5.41, 5.74) is 2.70. The van der Waals surface area contributed by atoms with Gasteiger partial charge in [-0.15, -0.1) is 0 Å². The van der Waals surface area contributed by atoms with Crippen molar-refractivity contribution >= 4 is 56.9 Å². The third kappa shape index (κ3) is 4.81. The van der Waals surface area contributed by atoms with E-state index in [0.717, 1.165) is 28.6 Å². The van der Waals surface area contributed by atoms with Crippen LogP contribution in [0.3, 0.4) is 0 Å². The molecule has 0 radical (unpaired) electrons. The quantitative estimate of drug-likeness (QED) is 0.177. The summed E-state index contributed by atoms with van der Waals surface area (Å²) in [5.74, 6) is 0.156. The average Bonchev–Trinajstić information content (AvgIpc) is 3.68. The van der Waals surface area contributed by atoms with Crippen LogP contribution in [0.5, 0.6) is 0 Å². The Morgan fingerprint density at radius 3 is 2.47 bits per heavy atom. The number of nitrogens with zero attached hydrogens (tertiary/aromatic N) is 4. The summed E-state index contributed by atoms with van der Waals surface area (Å²) in [6.07, 6.45) is -0.552. The topological polar surface area (TPSA) is 72.7 Å². The number of hydrogen-bond donors (Lipinski definition) is 1. The van der Waals surface area contributed by atoms with Crippen molar-refractivity contribution < 1.29 is 18.0 Å². The van der Waals surface area contributed by atoms with Crippen molar-refractivity contribution in [1.29, 1.82) is 0 Å². The Morgan fingerprint density at radius 2 is 1.76 bits per heavy atom. The van der Waals surface area contributed by atoms with Crippen LogP contribution in [0.1, 0.15) is 29.9 Å². The lowest BCUT2D eigenvalue weighted by Gasteiger charge is -2.14. The smallest absolute Gasteiger partial charge is 0.325 e. The molecular weight excluding hydrogens is 535 g/mol. The van der Waals surface area contributed by atoms with Gasteiger partial charge in [0.05, 0.1) is 23.2 Å². The van der Waals surface area contributed by atoms with E-state index in [1.165, 1.54) is 48.5 Å². The highest BCUT2D eigenvalue weighted by Crippen LogP contribution is 2.44. The lowest BCUT2D eigenvalue weighted by atomic mass is 9.99. The number of amides is 1. The maximum absolute atomic E-state index is 12.8. The lowest BCUT2D eigenvalue weighted by molar-refractivity contribution is -0.137. The molecule has 6 rings (SSSR count). The van der Waals surface area contributed by atoms with Gasteiger partial charge in [0.2, 0.25) is 11.2 Å². The second kappa shape index (κ2) is 9.59. The molecule has 1 fully saturated rings. The predicted molar refractivity (Wildman–Crippen MR) is 142 cm³/mol.